The molecule has 4 unspecified atom stereocenters. The van der Waals surface area contributed by atoms with E-state index in [4.69, 9.17) is 0 Å². The van der Waals surface area contributed by atoms with E-state index in [0.29, 0.717) is 0 Å². The van der Waals surface area contributed by atoms with E-state index in [-0.39, 0.29) is 54.5 Å². The molecule has 4 heteroatoms. The number of halogens is 2. The molecule has 0 amide bonds. The SMILES string of the molecule is C1=CC2[CH-]CCC2C=C1.CCC(C)P(c1cc2ccccc2[cH-]1)C(C)CC.[Cl-].[Cl-].[Ti+4]. The largest absolute Gasteiger partial charge is 4.00 e. The number of hydrogen-bond donors (Lipinski definition) is 0. The van der Waals surface area contributed by atoms with Crippen molar-refractivity contribution >= 4 is 24.0 Å². The third kappa shape index (κ3) is 7.57. The maximum absolute atomic E-state index is 2.43. The van der Waals surface area contributed by atoms with Gasteiger partial charge in [0.2, 0.25) is 0 Å². The number of rotatable bonds is 5. The minimum Gasteiger partial charge on any atom is -1.00 e. The first-order valence-electron chi connectivity index (χ1n) is 10.8. The Morgan fingerprint density at radius 3 is 2.23 bits per heavy atom. The zero-order valence-electron chi connectivity index (χ0n) is 18.7. The van der Waals surface area contributed by atoms with Crippen molar-refractivity contribution in [3.8, 4) is 0 Å². The molecule has 2 aromatic carbocycles. The standard InChI is InChI=1S/C17H24P.C9H11.2ClH.Ti/c1-5-13(3)18(14(4)6-2)17-11-15-9-7-8-10-16(15)12-17;1-2-5-9-7-3-6-8(9)4-1;;;/h7-14H,5-6H2,1-4H3;1-2,4-6,8-9H,3,7H2;2*1H;/q2*-1;;;+4/p-2. The van der Waals surface area contributed by atoms with E-state index in [1.165, 1.54) is 36.5 Å². The molecule has 1 saturated carbocycles. The van der Waals surface area contributed by atoms with Crippen LogP contribution in [0, 0.1) is 18.3 Å². The van der Waals surface area contributed by atoms with Gasteiger partial charge in [-0.1, -0.05) is 66.3 Å². The third-order valence-electron chi connectivity index (χ3n) is 6.27. The molecule has 0 aromatic heterocycles. The Morgan fingerprint density at radius 1 is 1.00 bits per heavy atom. The summed E-state index contributed by atoms with van der Waals surface area (Å²) < 4.78 is 0. The van der Waals surface area contributed by atoms with Crippen molar-refractivity contribution in [3.63, 3.8) is 0 Å². The van der Waals surface area contributed by atoms with Gasteiger partial charge in [-0.15, -0.1) is 52.3 Å². The van der Waals surface area contributed by atoms with Crippen LogP contribution in [0.15, 0.2) is 60.7 Å². The Bertz CT molecular complexity index is 721. The summed E-state index contributed by atoms with van der Waals surface area (Å²) in [5.74, 6) is 1.62. The number of benzene rings is 1. The molecule has 0 radical (unpaired) electrons. The van der Waals surface area contributed by atoms with Crippen molar-refractivity contribution in [2.24, 2.45) is 11.8 Å². The second kappa shape index (κ2) is 15.0. The molecule has 2 aliphatic rings. The van der Waals surface area contributed by atoms with Gasteiger partial charge in [0.25, 0.3) is 0 Å². The molecule has 0 spiro atoms. The van der Waals surface area contributed by atoms with Crippen molar-refractivity contribution in [1.82, 2.24) is 0 Å². The van der Waals surface area contributed by atoms with Crippen LogP contribution in [-0.4, -0.2) is 11.3 Å². The van der Waals surface area contributed by atoms with Gasteiger partial charge in [0.15, 0.2) is 0 Å². The van der Waals surface area contributed by atoms with Gasteiger partial charge in [-0.2, -0.15) is 12.5 Å². The van der Waals surface area contributed by atoms with Crippen molar-refractivity contribution in [1.29, 1.82) is 0 Å². The summed E-state index contributed by atoms with van der Waals surface area (Å²) in [6.45, 7) is 9.50. The number of allylic oxidation sites excluding steroid dienone is 4. The quantitative estimate of drug-likeness (QED) is 0.335. The summed E-state index contributed by atoms with van der Waals surface area (Å²) in [4.78, 5) is 0. The fourth-order valence-corrected chi connectivity index (χ4v) is 7.56. The predicted octanol–water partition coefficient (Wildman–Crippen LogP) is 1.61. The van der Waals surface area contributed by atoms with Gasteiger partial charge in [-0.25, -0.2) is 0 Å². The molecule has 1 fully saturated rings. The maximum atomic E-state index is 2.43. The van der Waals surface area contributed by atoms with Crippen LogP contribution in [0.25, 0.3) is 10.8 Å². The summed E-state index contributed by atoms with van der Waals surface area (Å²) >= 11 is 0. The van der Waals surface area contributed by atoms with Gasteiger partial charge in [0.05, 0.1) is 0 Å². The van der Waals surface area contributed by atoms with Crippen molar-refractivity contribution in [2.45, 2.75) is 64.7 Å². The first-order chi connectivity index (χ1) is 13.1. The zero-order chi connectivity index (χ0) is 19.2. The summed E-state index contributed by atoms with van der Waals surface area (Å²) in [5.41, 5.74) is 1.65. The molecule has 0 aliphatic heterocycles. The Hall–Kier alpha value is 0.0343. The Morgan fingerprint density at radius 2 is 1.63 bits per heavy atom. The Labute approximate surface area is 213 Å². The van der Waals surface area contributed by atoms with E-state index in [9.17, 15) is 0 Å². The van der Waals surface area contributed by atoms with E-state index in [1.807, 2.05) is 0 Å². The Kier molecular flexibility index (Phi) is 15.0. The summed E-state index contributed by atoms with van der Waals surface area (Å²) in [7, 11) is -0.0252. The van der Waals surface area contributed by atoms with Crippen LogP contribution in [0.1, 0.15) is 53.4 Å². The topological polar surface area (TPSA) is 0 Å². The van der Waals surface area contributed by atoms with Crippen molar-refractivity contribution in [3.05, 3.63) is 67.1 Å². The molecular formula is C26H35Cl2PTi. The van der Waals surface area contributed by atoms with E-state index in [1.54, 1.807) is 5.30 Å². The van der Waals surface area contributed by atoms with E-state index >= 15 is 0 Å². The Balaban J connectivity index is 0.000000597. The smallest absolute Gasteiger partial charge is 1.00 e. The number of fused-ring (bicyclic) bond motifs is 2. The molecule has 30 heavy (non-hydrogen) atoms. The van der Waals surface area contributed by atoms with Gasteiger partial charge in [0, 0.05) is 0 Å². The summed E-state index contributed by atoms with van der Waals surface area (Å²) in [6.07, 6.45) is 16.6. The van der Waals surface area contributed by atoms with E-state index in [2.05, 4.69) is 94.8 Å². The molecule has 0 nitrogen and oxygen atoms in total. The zero-order valence-corrected chi connectivity index (χ0v) is 22.7. The molecule has 4 atom stereocenters. The molecular weight excluding hydrogens is 462 g/mol. The molecule has 4 rings (SSSR count). The van der Waals surface area contributed by atoms with Crippen molar-refractivity contribution < 1.29 is 46.5 Å². The second-order valence-electron chi connectivity index (χ2n) is 8.09. The second-order valence-corrected chi connectivity index (χ2v) is 11.2. The summed E-state index contributed by atoms with van der Waals surface area (Å²) in [5, 5.41) is 4.42. The molecule has 0 bridgehead atoms. The predicted molar refractivity (Wildman–Crippen MR) is 124 cm³/mol. The van der Waals surface area contributed by atoms with Crippen LogP contribution < -0.4 is 30.1 Å². The fourth-order valence-electron chi connectivity index (χ4n) is 4.31. The minimum atomic E-state index is -0.0252. The minimum absolute atomic E-state index is 0. The molecule has 0 saturated heterocycles. The van der Waals surface area contributed by atoms with Gasteiger partial charge < -0.3 is 31.2 Å². The molecule has 2 aromatic rings. The van der Waals surface area contributed by atoms with Gasteiger partial charge >= 0.3 is 21.7 Å². The maximum Gasteiger partial charge on any atom is 4.00 e. The normalized spacial score (nSPS) is 21.7. The van der Waals surface area contributed by atoms with E-state index in [0.717, 1.165) is 23.2 Å². The van der Waals surface area contributed by atoms with Crippen LogP contribution >= 0.6 is 7.92 Å². The van der Waals surface area contributed by atoms with Gasteiger partial charge in [0.1, 0.15) is 0 Å². The van der Waals surface area contributed by atoms with Crippen LogP contribution in [0.5, 0.6) is 0 Å². The van der Waals surface area contributed by atoms with Crippen LogP contribution in [0.2, 0.25) is 0 Å². The van der Waals surface area contributed by atoms with Gasteiger partial charge in [-0.3, -0.25) is 0 Å². The monoisotopic (exact) mass is 496 g/mol. The first-order valence-corrected chi connectivity index (χ1v) is 12.2. The van der Waals surface area contributed by atoms with E-state index < -0.39 is 0 Å². The molecule has 0 N–H and O–H groups in total. The van der Waals surface area contributed by atoms with Crippen molar-refractivity contribution in [2.75, 3.05) is 0 Å². The molecule has 162 valence electrons. The average Bonchev–Trinajstić information content (AvgIpc) is 3.34. The first kappa shape index (κ1) is 30.0. The summed E-state index contributed by atoms with van der Waals surface area (Å²) in [6, 6.07) is 13.6. The number of hydrogen-bond acceptors (Lipinski definition) is 0. The van der Waals surface area contributed by atoms with Gasteiger partial charge in [-0.05, 0) is 30.1 Å². The molecule has 2 aliphatic carbocycles. The fraction of sp³-hybridized carbons (Fsp3) is 0.462. The van der Waals surface area contributed by atoms with Crippen LogP contribution in [-0.2, 0) is 21.7 Å². The average molecular weight is 497 g/mol. The van der Waals surface area contributed by atoms with Crippen LogP contribution in [0.4, 0.5) is 0 Å². The molecule has 0 heterocycles. The van der Waals surface area contributed by atoms with Crippen LogP contribution in [0.3, 0.4) is 0 Å². The third-order valence-corrected chi connectivity index (χ3v) is 9.75.